The maximum Gasteiger partial charge on any atom is 0.0725 e. The van der Waals surface area contributed by atoms with E-state index in [1.807, 2.05) is 0 Å². The molecule has 0 radical (unpaired) electrons. The lowest BCUT2D eigenvalue weighted by Crippen LogP contribution is -2.25. The fourth-order valence-corrected chi connectivity index (χ4v) is 15.2. The first kappa shape index (κ1) is 49.1. The molecule has 18 rings (SSSR count). The number of hydrogen-bond donors (Lipinski definition) is 0. The number of anilines is 3. The van der Waals surface area contributed by atoms with Gasteiger partial charge in [-0.25, -0.2) is 0 Å². The summed E-state index contributed by atoms with van der Waals surface area (Å²) in [7, 11) is 0. The van der Waals surface area contributed by atoms with E-state index >= 15 is 0 Å². The van der Waals surface area contributed by atoms with Gasteiger partial charge in [-0.3, -0.25) is 0 Å². The Morgan fingerprint density at radius 1 is 0.230 bits per heavy atom. The molecule has 2 heteroatoms. The molecule has 1 aromatic heterocycles. The molecule has 0 aliphatic heterocycles. The van der Waals surface area contributed by atoms with Crippen molar-refractivity contribution in [2.75, 3.05) is 4.90 Å². The molecule has 2 aliphatic rings. The van der Waals surface area contributed by atoms with E-state index in [2.05, 4.69) is 337 Å². The van der Waals surface area contributed by atoms with Crippen LogP contribution in [0, 0.1) is 0 Å². The van der Waals surface area contributed by atoms with Crippen molar-refractivity contribution in [3.05, 3.63) is 350 Å². The number of hydrogen-bond acceptors (Lipinski definition) is 1. The Kier molecular flexibility index (Phi) is 10.9. The summed E-state index contributed by atoms with van der Waals surface area (Å²) in [4.78, 5) is 2.44. The van der Waals surface area contributed by atoms with Gasteiger partial charge in [-0.15, -0.1) is 0 Å². The Morgan fingerprint density at radius 3 is 1.23 bits per heavy atom. The summed E-state index contributed by atoms with van der Waals surface area (Å²) < 4.78 is 2.44. The van der Waals surface area contributed by atoms with Crippen LogP contribution in [0.2, 0.25) is 0 Å². The molecule has 0 N–H and O–H groups in total. The minimum absolute atomic E-state index is 0.429. The van der Waals surface area contributed by atoms with Crippen LogP contribution in [-0.4, -0.2) is 4.57 Å². The number of para-hydroxylation sites is 1. The Balaban J connectivity index is 0.816. The van der Waals surface area contributed by atoms with Crippen molar-refractivity contribution < 1.29 is 0 Å². The first-order chi connectivity index (χ1) is 43.2. The minimum Gasteiger partial charge on any atom is -0.310 e. The maximum absolute atomic E-state index is 2.51. The largest absolute Gasteiger partial charge is 0.310 e. The summed E-state index contributed by atoms with van der Waals surface area (Å²) in [5, 5.41) is 9.83. The fraction of sp³-hybridized carbons (Fsp3) is 0.0118. The first-order valence-electron chi connectivity index (χ1n) is 30.2. The normalized spacial score (nSPS) is 12.7. The van der Waals surface area contributed by atoms with E-state index in [1.165, 1.54) is 132 Å². The van der Waals surface area contributed by atoms with E-state index in [-0.39, 0.29) is 0 Å². The van der Waals surface area contributed by atoms with E-state index in [0.29, 0.717) is 0 Å². The van der Waals surface area contributed by atoms with E-state index in [4.69, 9.17) is 0 Å². The molecule has 0 saturated heterocycles. The zero-order valence-electron chi connectivity index (χ0n) is 47.6. The molecule has 404 valence electrons. The predicted octanol–water partition coefficient (Wildman–Crippen LogP) is 22.7. The molecule has 1 spiro atoms. The lowest BCUT2D eigenvalue weighted by Gasteiger charge is -2.30. The highest BCUT2D eigenvalue weighted by Crippen LogP contribution is 2.63. The topological polar surface area (TPSA) is 8.17 Å². The van der Waals surface area contributed by atoms with Gasteiger partial charge >= 0.3 is 0 Å². The monoisotopic (exact) mass is 1100 g/mol. The van der Waals surface area contributed by atoms with E-state index in [1.54, 1.807) is 0 Å². The second-order valence-electron chi connectivity index (χ2n) is 23.4. The average Bonchev–Trinajstić information content (AvgIpc) is 1.56. The highest BCUT2D eigenvalue weighted by molar-refractivity contribution is 6.21. The van der Waals surface area contributed by atoms with Gasteiger partial charge in [0.15, 0.2) is 0 Å². The molecule has 87 heavy (non-hydrogen) atoms. The van der Waals surface area contributed by atoms with Crippen LogP contribution in [0.1, 0.15) is 22.3 Å². The molecular weight excluding hydrogens is 1050 g/mol. The summed E-state index contributed by atoms with van der Waals surface area (Å²) in [6.07, 6.45) is 0. The molecule has 0 bridgehead atoms. The second-order valence-corrected chi connectivity index (χ2v) is 23.4. The van der Waals surface area contributed by atoms with Crippen LogP contribution in [0.5, 0.6) is 0 Å². The Morgan fingerprint density at radius 2 is 0.632 bits per heavy atom. The SMILES string of the molecule is c1ccc(-c2c3ccccc3c(-c3ccc(N(c4ccc(-c5ccc6ccccc6c5)cc4)c4ccc5c(c4)c4cc(-c6ccc7c(c6)C6(c8ccccc8-c8ccccc86)c6ccccc6-7)ccc4n5-c4ccccc4)cc3)c3ccccc23)cc1. The molecule has 0 unspecified atom stereocenters. The maximum atomic E-state index is 2.51. The molecule has 16 aromatic rings. The molecule has 15 aromatic carbocycles. The Labute approximate surface area is 505 Å². The molecule has 0 saturated carbocycles. The minimum atomic E-state index is -0.429. The van der Waals surface area contributed by atoms with Crippen LogP contribution in [0.15, 0.2) is 328 Å². The lowest BCUT2D eigenvalue weighted by atomic mass is 9.70. The number of fused-ring (bicyclic) bond motifs is 16. The molecule has 1 heterocycles. The number of benzene rings is 15. The average molecular weight is 1100 g/mol. The van der Waals surface area contributed by atoms with Gasteiger partial charge < -0.3 is 9.47 Å². The summed E-state index contributed by atoms with van der Waals surface area (Å²) in [6.45, 7) is 0. The van der Waals surface area contributed by atoms with Gasteiger partial charge in [-0.2, -0.15) is 0 Å². The van der Waals surface area contributed by atoms with Gasteiger partial charge in [0.2, 0.25) is 0 Å². The van der Waals surface area contributed by atoms with Crippen molar-refractivity contribution in [3.63, 3.8) is 0 Å². The molecule has 0 amide bonds. The quantitative estimate of drug-likeness (QED) is 0.138. The molecular formula is C85H54N2. The van der Waals surface area contributed by atoms with Crippen LogP contribution in [0.4, 0.5) is 17.1 Å². The zero-order valence-corrected chi connectivity index (χ0v) is 47.6. The van der Waals surface area contributed by atoms with Gasteiger partial charge in [0.05, 0.1) is 16.4 Å². The first-order valence-corrected chi connectivity index (χ1v) is 30.2. The van der Waals surface area contributed by atoms with Gasteiger partial charge in [0.1, 0.15) is 0 Å². The third-order valence-electron chi connectivity index (χ3n) is 19.0. The number of nitrogens with zero attached hydrogens (tertiary/aromatic N) is 2. The van der Waals surface area contributed by atoms with Crippen LogP contribution in [0.25, 0.3) is 127 Å². The number of rotatable bonds is 8. The van der Waals surface area contributed by atoms with Gasteiger partial charge in [-0.1, -0.05) is 249 Å². The van der Waals surface area contributed by atoms with Gasteiger partial charge in [-0.05, 0) is 200 Å². The Bertz CT molecular complexity index is 5320. The molecule has 2 nitrogen and oxygen atoms in total. The summed E-state index contributed by atoms with van der Waals surface area (Å²) in [5.41, 5.74) is 26.5. The van der Waals surface area contributed by atoms with Crippen LogP contribution in [-0.2, 0) is 5.41 Å². The van der Waals surface area contributed by atoms with Crippen molar-refractivity contribution in [3.8, 4) is 72.4 Å². The third-order valence-corrected chi connectivity index (χ3v) is 19.0. The van der Waals surface area contributed by atoms with Crippen molar-refractivity contribution >= 4 is 71.2 Å². The fourth-order valence-electron chi connectivity index (χ4n) is 15.2. The van der Waals surface area contributed by atoms with Crippen LogP contribution >= 0.6 is 0 Å². The summed E-state index contributed by atoms with van der Waals surface area (Å²) in [5.74, 6) is 0. The second kappa shape index (κ2) is 19.4. The van der Waals surface area contributed by atoms with Crippen LogP contribution in [0.3, 0.4) is 0 Å². The number of aromatic nitrogens is 1. The lowest BCUT2D eigenvalue weighted by molar-refractivity contribution is 0.794. The van der Waals surface area contributed by atoms with Gasteiger partial charge in [0, 0.05) is 33.5 Å². The van der Waals surface area contributed by atoms with Crippen molar-refractivity contribution in [1.29, 1.82) is 0 Å². The molecule has 2 aliphatic carbocycles. The van der Waals surface area contributed by atoms with Crippen molar-refractivity contribution in [1.82, 2.24) is 4.57 Å². The smallest absolute Gasteiger partial charge is 0.0725 e. The van der Waals surface area contributed by atoms with E-state index in [9.17, 15) is 0 Å². The van der Waals surface area contributed by atoms with E-state index < -0.39 is 5.41 Å². The molecule has 0 fully saturated rings. The van der Waals surface area contributed by atoms with Crippen molar-refractivity contribution in [2.45, 2.75) is 5.41 Å². The third kappa shape index (κ3) is 7.41. The highest BCUT2D eigenvalue weighted by Gasteiger charge is 2.51. The van der Waals surface area contributed by atoms with Crippen molar-refractivity contribution in [2.24, 2.45) is 0 Å². The zero-order chi connectivity index (χ0) is 57.2. The predicted molar refractivity (Wildman–Crippen MR) is 366 cm³/mol. The summed E-state index contributed by atoms with van der Waals surface area (Å²) >= 11 is 0. The summed E-state index contributed by atoms with van der Waals surface area (Å²) in [6, 6.07) is 122. The molecule has 0 atom stereocenters. The van der Waals surface area contributed by atoms with E-state index in [0.717, 1.165) is 33.8 Å². The van der Waals surface area contributed by atoms with Gasteiger partial charge in [0.25, 0.3) is 0 Å². The standard InChI is InChI=1S/C85H54N2/c1-3-20-57(21-4-1)83-71-28-9-11-30-73(71)84(74-31-12-10-29-72(74)83)58-39-45-65(46-40-58)86(64-43-37-56(38-44-64)60-36-35-55-19-7-8-22-59(55)51-60)66-47-50-82-76(54-66)75-52-61(42-49-81(75)87(82)63-23-5-2-6-24-63)62-41-48-70-69-27-15-18-34-79(69)85(80(70)53-62)77-32-16-13-25-67(77)68-26-14-17-33-78(68)85/h1-54H. The highest BCUT2D eigenvalue weighted by atomic mass is 15.1. The Hall–Kier alpha value is -11.3. The van der Waals surface area contributed by atoms with Crippen LogP contribution < -0.4 is 4.90 Å².